The molecule has 2 rings (SSSR count). The van der Waals surface area contributed by atoms with Crippen LogP contribution in [0.3, 0.4) is 0 Å². The number of urea groups is 1. The van der Waals surface area contributed by atoms with Gasteiger partial charge in [-0.05, 0) is 44.4 Å². The highest BCUT2D eigenvalue weighted by Gasteiger charge is 2.37. The predicted octanol–water partition coefficient (Wildman–Crippen LogP) is 2.56. The van der Waals surface area contributed by atoms with Gasteiger partial charge in [0.2, 0.25) is 0 Å². The van der Waals surface area contributed by atoms with Crippen molar-refractivity contribution >= 4 is 12.0 Å². The largest absolute Gasteiger partial charge is 0.480 e. The van der Waals surface area contributed by atoms with Crippen LogP contribution < -0.4 is 0 Å². The molecule has 0 aliphatic heterocycles. The molecule has 20 heavy (non-hydrogen) atoms. The van der Waals surface area contributed by atoms with Crippen LogP contribution in [0.2, 0.25) is 0 Å². The second-order valence-corrected chi connectivity index (χ2v) is 6.23. The molecule has 0 atom stereocenters. The lowest BCUT2D eigenvalue weighted by atomic mass is 9.84. The molecule has 0 saturated heterocycles. The number of aliphatic carboxylic acids is 1. The van der Waals surface area contributed by atoms with Crippen molar-refractivity contribution in [3.05, 3.63) is 0 Å². The average Bonchev–Trinajstić information content (AvgIpc) is 3.27. The highest BCUT2D eigenvalue weighted by Crippen LogP contribution is 2.31. The molecule has 0 spiro atoms. The Morgan fingerprint density at radius 2 is 1.60 bits per heavy atom. The zero-order valence-corrected chi connectivity index (χ0v) is 12.5. The van der Waals surface area contributed by atoms with Crippen LogP contribution >= 0.6 is 0 Å². The van der Waals surface area contributed by atoms with E-state index in [4.69, 9.17) is 5.11 Å². The van der Waals surface area contributed by atoms with Crippen molar-refractivity contribution in [2.45, 2.75) is 64.0 Å². The molecular weight excluding hydrogens is 256 g/mol. The predicted molar refractivity (Wildman–Crippen MR) is 76.6 cm³/mol. The number of carboxylic acids is 1. The van der Waals surface area contributed by atoms with Gasteiger partial charge in [-0.15, -0.1) is 0 Å². The van der Waals surface area contributed by atoms with E-state index >= 15 is 0 Å². The Morgan fingerprint density at radius 1 is 1.05 bits per heavy atom. The first-order chi connectivity index (χ1) is 9.52. The summed E-state index contributed by atoms with van der Waals surface area (Å²) in [5.74, 6) is -0.123. The second-order valence-electron chi connectivity index (χ2n) is 6.23. The summed E-state index contributed by atoms with van der Waals surface area (Å²) in [6, 6.07) is 0.322. The van der Waals surface area contributed by atoms with Crippen molar-refractivity contribution in [2.24, 2.45) is 5.92 Å². The zero-order valence-electron chi connectivity index (χ0n) is 12.5. The third-order valence-corrected chi connectivity index (χ3v) is 4.78. The number of nitrogens with zero attached hydrogens (tertiary/aromatic N) is 2. The minimum atomic E-state index is -0.923. The normalized spacial score (nSPS) is 26.1. The molecule has 0 aromatic rings. The summed E-state index contributed by atoms with van der Waals surface area (Å²) in [7, 11) is 1.83. The van der Waals surface area contributed by atoms with Gasteiger partial charge in [0, 0.05) is 19.1 Å². The molecule has 114 valence electrons. The minimum absolute atomic E-state index is 0.102. The molecule has 1 N–H and O–H groups in total. The quantitative estimate of drug-likeness (QED) is 0.843. The first kappa shape index (κ1) is 15.1. The van der Waals surface area contributed by atoms with Gasteiger partial charge in [0.05, 0.1) is 0 Å². The van der Waals surface area contributed by atoms with E-state index in [1.54, 1.807) is 4.90 Å². The molecule has 0 radical (unpaired) electrons. The van der Waals surface area contributed by atoms with Gasteiger partial charge in [0.1, 0.15) is 6.54 Å². The molecule has 2 aliphatic rings. The van der Waals surface area contributed by atoms with Crippen LogP contribution in [-0.4, -0.2) is 52.6 Å². The monoisotopic (exact) mass is 282 g/mol. The highest BCUT2D eigenvalue weighted by atomic mass is 16.4. The molecule has 5 heteroatoms. The van der Waals surface area contributed by atoms with Crippen LogP contribution in [0.1, 0.15) is 51.9 Å². The lowest BCUT2D eigenvalue weighted by Gasteiger charge is -2.37. The van der Waals surface area contributed by atoms with Crippen LogP contribution in [0.15, 0.2) is 0 Å². The van der Waals surface area contributed by atoms with Gasteiger partial charge in [-0.2, -0.15) is 0 Å². The number of rotatable bonds is 5. The van der Waals surface area contributed by atoms with Crippen molar-refractivity contribution in [3.8, 4) is 0 Å². The minimum Gasteiger partial charge on any atom is -0.480 e. The third-order valence-electron chi connectivity index (χ3n) is 4.78. The van der Waals surface area contributed by atoms with Crippen molar-refractivity contribution in [1.82, 2.24) is 9.80 Å². The Labute approximate surface area is 120 Å². The Morgan fingerprint density at radius 3 is 2.05 bits per heavy atom. The van der Waals surface area contributed by atoms with E-state index in [2.05, 4.69) is 6.92 Å². The van der Waals surface area contributed by atoms with Gasteiger partial charge in [-0.1, -0.05) is 13.3 Å². The zero-order chi connectivity index (χ0) is 14.7. The highest BCUT2D eigenvalue weighted by molar-refractivity contribution is 5.80. The van der Waals surface area contributed by atoms with Crippen molar-refractivity contribution < 1.29 is 14.7 Å². The van der Waals surface area contributed by atoms with Crippen LogP contribution in [0, 0.1) is 5.92 Å². The molecule has 0 bridgehead atoms. The van der Waals surface area contributed by atoms with Gasteiger partial charge >= 0.3 is 12.0 Å². The molecule has 2 saturated carbocycles. The molecule has 0 heterocycles. The topological polar surface area (TPSA) is 60.9 Å². The summed E-state index contributed by atoms with van der Waals surface area (Å²) in [6.07, 6.45) is 7.56. The fraction of sp³-hybridized carbons (Fsp3) is 0.867. The maximum atomic E-state index is 12.5. The molecule has 0 unspecified atom stereocenters. The number of hydrogen-bond donors (Lipinski definition) is 1. The van der Waals surface area contributed by atoms with Crippen LogP contribution in [0.5, 0.6) is 0 Å². The van der Waals surface area contributed by atoms with E-state index in [-0.39, 0.29) is 24.7 Å². The second kappa shape index (κ2) is 6.46. The van der Waals surface area contributed by atoms with Gasteiger partial charge in [-0.3, -0.25) is 4.79 Å². The van der Waals surface area contributed by atoms with E-state index in [9.17, 15) is 9.59 Å². The number of carbonyl (C=O) groups excluding carboxylic acids is 1. The van der Waals surface area contributed by atoms with Crippen molar-refractivity contribution in [3.63, 3.8) is 0 Å². The fourth-order valence-electron chi connectivity index (χ4n) is 3.18. The molecule has 2 aliphatic carbocycles. The Hall–Kier alpha value is -1.26. The van der Waals surface area contributed by atoms with E-state index < -0.39 is 5.97 Å². The Kier molecular flexibility index (Phi) is 4.89. The van der Waals surface area contributed by atoms with Gasteiger partial charge in [0.25, 0.3) is 0 Å². The summed E-state index contributed by atoms with van der Waals surface area (Å²) >= 11 is 0. The van der Waals surface area contributed by atoms with Gasteiger partial charge in [-0.25, -0.2) is 4.79 Å². The van der Waals surface area contributed by atoms with Gasteiger partial charge < -0.3 is 14.9 Å². The molecule has 5 nitrogen and oxygen atoms in total. The van der Waals surface area contributed by atoms with E-state index in [1.807, 2.05) is 7.05 Å². The summed E-state index contributed by atoms with van der Waals surface area (Å²) in [4.78, 5) is 26.7. The smallest absolute Gasteiger partial charge is 0.323 e. The van der Waals surface area contributed by atoms with E-state index in [1.165, 1.54) is 24.2 Å². The van der Waals surface area contributed by atoms with E-state index in [0.717, 1.165) is 31.6 Å². The Balaban J connectivity index is 1.91. The number of carbonyl (C=O) groups is 2. The summed E-state index contributed by atoms with van der Waals surface area (Å²) in [5, 5.41) is 8.96. The van der Waals surface area contributed by atoms with E-state index in [0.29, 0.717) is 0 Å². The standard InChI is InChI=1S/C15H26N2O3/c1-3-11-4-6-12(7-5-11)16(2)15(20)17(10-14(18)19)13-8-9-13/h11-13H,3-10H2,1-2H3,(H,18,19). The lowest BCUT2D eigenvalue weighted by molar-refractivity contribution is -0.137. The number of hydrogen-bond acceptors (Lipinski definition) is 2. The summed E-state index contributed by atoms with van der Waals surface area (Å²) in [5.41, 5.74) is 0. The maximum Gasteiger partial charge on any atom is 0.323 e. The van der Waals surface area contributed by atoms with Crippen LogP contribution in [0.4, 0.5) is 4.79 Å². The molecule has 2 amide bonds. The Bertz CT molecular complexity index is 360. The van der Waals surface area contributed by atoms with Gasteiger partial charge in [0.15, 0.2) is 0 Å². The number of carboxylic acid groups (broad SMARTS) is 1. The lowest BCUT2D eigenvalue weighted by Crippen LogP contribution is -2.49. The SMILES string of the molecule is CCC1CCC(N(C)C(=O)N(CC(=O)O)C2CC2)CC1. The molecular formula is C15H26N2O3. The third kappa shape index (κ3) is 3.64. The molecule has 2 fully saturated rings. The van der Waals surface area contributed by atoms with Crippen molar-refractivity contribution in [2.75, 3.05) is 13.6 Å². The fourth-order valence-corrected chi connectivity index (χ4v) is 3.18. The number of amides is 2. The summed E-state index contributed by atoms with van der Waals surface area (Å²) in [6.45, 7) is 2.06. The first-order valence-electron chi connectivity index (χ1n) is 7.78. The summed E-state index contributed by atoms with van der Waals surface area (Å²) < 4.78 is 0. The maximum absolute atomic E-state index is 12.5. The van der Waals surface area contributed by atoms with Crippen LogP contribution in [-0.2, 0) is 4.79 Å². The van der Waals surface area contributed by atoms with Crippen LogP contribution in [0.25, 0.3) is 0 Å². The first-order valence-corrected chi connectivity index (χ1v) is 7.78. The molecule has 0 aromatic carbocycles. The average molecular weight is 282 g/mol. The van der Waals surface area contributed by atoms with Crippen molar-refractivity contribution in [1.29, 1.82) is 0 Å². The molecule has 0 aromatic heterocycles.